The number of nitrogens with zero attached hydrogens (tertiary/aromatic N) is 3. The van der Waals surface area contributed by atoms with Crippen LogP contribution in [0.15, 0.2) is 42.5 Å². The molecule has 1 saturated heterocycles. The minimum absolute atomic E-state index is 0.0216. The van der Waals surface area contributed by atoms with Gasteiger partial charge in [0, 0.05) is 32.2 Å². The number of halogens is 3. The van der Waals surface area contributed by atoms with E-state index in [1.54, 1.807) is 4.90 Å². The van der Waals surface area contributed by atoms with Gasteiger partial charge >= 0.3 is 6.36 Å². The molecule has 4 rings (SSSR count). The minimum atomic E-state index is -4.73. The maximum absolute atomic E-state index is 12.4. The number of aromatic nitrogens is 1. The minimum Gasteiger partial charge on any atom is -0.484 e. The first-order valence-electron chi connectivity index (χ1n) is 9.65. The zero-order chi connectivity index (χ0) is 22.0. The molecule has 31 heavy (non-hydrogen) atoms. The largest absolute Gasteiger partial charge is 0.573 e. The molecule has 1 aliphatic rings. The predicted octanol–water partition coefficient (Wildman–Crippen LogP) is 4.23. The molecule has 2 heterocycles. The Morgan fingerprint density at radius 1 is 1.06 bits per heavy atom. The average molecular weight is 451 g/mol. The number of hydrogen-bond donors (Lipinski definition) is 0. The molecule has 1 aromatic heterocycles. The summed E-state index contributed by atoms with van der Waals surface area (Å²) in [6.45, 7) is 4.17. The van der Waals surface area contributed by atoms with Crippen molar-refractivity contribution in [3.05, 3.63) is 48.0 Å². The molecule has 0 spiro atoms. The zero-order valence-electron chi connectivity index (χ0n) is 16.7. The number of alkyl halides is 3. The number of ether oxygens (including phenoxy) is 2. The van der Waals surface area contributed by atoms with Crippen molar-refractivity contribution < 1.29 is 27.4 Å². The van der Waals surface area contributed by atoms with E-state index in [9.17, 15) is 18.0 Å². The van der Waals surface area contributed by atoms with Crippen LogP contribution in [0.4, 0.5) is 18.3 Å². The molecule has 0 N–H and O–H groups in total. The molecule has 0 atom stereocenters. The SMILES string of the molecule is Cc1ccc(OCC(=O)N2CCN(c3nc4ccc(OC(F)(F)F)cc4s3)CC2)cc1. The molecule has 10 heteroatoms. The van der Waals surface area contributed by atoms with Gasteiger partial charge in [0.25, 0.3) is 5.91 Å². The van der Waals surface area contributed by atoms with Gasteiger partial charge in [0.2, 0.25) is 0 Å². The van der Waals surface area contributed by atoms with Crippen LogP contribution < -0.4 is 14.4 Å². The first-order valence-corrected chi connectivity index (χ1v) is 10.5. The lowest BCUT2D eigenvalue weighted by Gasteiger charge is -2.34. The van der Waals surface area contributed by atoms with Gasteiger partial charge in [0.1, 0.15) is 11.5 Å². The highest BCUT2D eigenvalue weighted by Crippen LogP contribution is 2.33. The van der Waals surface area contributed by atoms with Crippen molar-refractivity contribution in [3.63, 3.8) is 0 Å². The number of benzene rings is 2. The Hall–Kier alpha value is -3.01. The summed E-state index contributed by atoms with van der Waals surface area (Å²) in [5.41, 5.74) is 1.73. The van der Waals surface area contributed by atoms with E-state index in [1.807, 2.05) is 36.1 Å². The maximum Gasteiger partial charge on any atom is 0.573 e. The second kappa shape index (κ2) is 8.62. The molecule has 1 fully saturated rings. The molecule has 0 unspecified atom stereocenters. The van der Waals surface area contributed by atoms with Crippen LogP contribution in [0.5, 0.6) is 11.5 Å². The van der Waals surface area contributed by atoms with Crippen molar-refractivity contribution in [1.29, 1.82) is 0 Å². The quantitative estimate of drug-likeness (QED) is 0.581. The summed E-state index contributed by atoms with van der Waals surface area (Å²) in [4.78, 5) is 20.7. The molecule has 6 nitrogen and oxygen atoms in total. The molecule has 0 bridgehead atoms. The first-order chi connectivity index (χ1) is 14.8. The number of piperazine rings is 1. The van der Waals surface area contributed by atoms with E-state index < -0.39 is 6.36 Å². The lowest BCUT2D eigenvalue weighted by atomic mass is 10.2. The van der Waals surface area contributed by atoms with Gasteiger partial charge < -0.3 is 19.3 Å². The van der Waals surface area contributed by atoms with E-state index in [4.69, 9.17) is 4.74 Å². The van der Waals surface area contributed by atoms with E-state index in [0.29, 0.717) is 47.3 Å². The van der Waals surface area contributed by atoms with Crippen LogP contribution in [-0.4, -0.2) is 54.9 Å². The Morgan fingerprint density at radius 2 is 1.74 bits per heavy atom. The van der Waals surface area contributed by atoms with Gasteiger partial charge in [-0.25, -0.2) is 4.98 Å². The Kier molecular flexibility index (Phi) is 5.90. The van der Waals surface area contributed by atoms with Crippen LogP contribution in [0.1, 0.15) is 5.56 Å². The number of anilines is 1. The van der Waals surface area contributed by atoms with Crippen molar-refractivity contribution in [2.24, 2.45) is 0 Å². The molecule has 1 amide bonds. The van der Waals surface area contributed by atoms with Crippen molar-refractivity contribution in [2.45, 2.75) is 13.3 Å². The fourth-order valence-corrected chi connectivity index (χ4v) is 4.29. The van der Waals surface area contributed by atoms with E-state index >= 15 is 0 Å². The fourth-order valence-electron chi connectivity index (χ4n) is 3.24. The molecule has 3 aromatic rings. The molecule has 2 aromatic carbocycles. The number of amides is 1. The third kappa shape index (κ3) is 5.38. The molecule has 0 saturated carbocycles. The fraction of sp³-hybridized carbons (Fsp3) is 0.333. The highest BCUT2D eigenvalue weighted by atomic mass is 32.1. The average Bonchev–Trinajstić information content (AvgIpc) is 3.15. The van der Waals surface area contributed by atoms with Crippen LogP contribution in [0.2, 0.25) is 0 Å². The lowest BCUT2D eigenvalue weighted by molar-refractivity contribution is -0.274. The van der Waals surface area contributed by atoms with Gasteiger partial charge in [-0.1, -0.05) is 29.0 Å². The summed E-state index contributed by atoms with van der Waals surface area (Å²) in [6.07, 6.45) is -4.73. The number of rotatable bonds is 5. The Morgan fingerprint density at radius 3 is 2.42 bits per heavy atom. The number of carbonyl (C=O) groups is 1. The molecular weight excluding hydrogens is 431 g/mol. The first kappa shape index (κ1) is 21.2. The van der Waals surface area contributed by atoms with Crippen LogP contribution in [0.25, 0.3) is 10.2 Å². The number of thiazole rings is 1. The number of carbonyl (C=O) groups excluding carboxylic acids is 1. The number of hydrogen-bond acceptors (Lipinski definition) is 6. The summed E-state index contributed by atoms with van der Waals surface area (Å²) in [6, 6.07) is 11.6. The van der Waals surface area contributed by atoms with Crippen LogP contribution in [0, 0.1) is 6.92 Å². The molecular formula is C21H20F3N3O3S. The van der Waals surface area contributed by atoms with Crippen LogP contribution in [-0.2, 0) is 4.79 Å². The van der Waals surface area contributed by atoms with Crippen molar-refractivity contribution in [1.82, 2.24) is 9.88 Å². The standard InChI is InChI=1S/C21H20F3N3O3S/c1-14-2-4-15(5-3-14)29-13-19(28)26-8-10-27(11-9-26)20-25-17-7-6-16(12-18(17)31-20)30-21(22,23)24/h2-7,12H,8-11,13H2,1H3. The van der Waals surface area contributed by atoms with E-state index in [0.717, 1.165) is 5.56 Å². The Bertz CT molecular complexity index is 1060. The zero-order valence-corrected chi connectivity index (χ0v) is 17.5. The van der Waals surface area contributed by atoms with Crippen molar-refractivity contribution in [2.75, 3.05) is 37.7 Å². The van der Waals surface area contributed by atoms with Crippen LogP contribution >= 0.6 is 11.3 Å². The van der Waals surface area contributed by atoms with Crippen molar-refractivity contribution in [3.8, 4) is 11.5 Å². The molecule has 1 aliphatic heterocycles. The third-order valence-electron chi connectivity index (χ3n) is 4.87. The summed E-state index contributed by atoms with van der Waals surface area (Å²) in [7, 11) is 0. The monoisotopic (exact) mass is 451 g/mol. The number of fused-ring (bicyclic) bond motifs is 1. The highest BCUT2D eigenvalue weighted by Gasteiger charge is 2.31. The van der Waals surface area contributed by atoms with Gasteiger partial charge in [-0.05, 0) is 31.2 Å². The molecule has 0 radical (unpaired) electrons. The molecule has 0 aliphatic carbocycles. The Labute approximate surface area is 180 Å². The summed E-state index contributed by atoms with van der Waals surface area (Å²) in [5, 5.41) is 0.710. The van der Waals surface area contributed by atoms with Crippen molar-refractivity contribution >= 4 is 32.6 Å². The van der Waals surface area contributed by atoms with E-state index in [-0.39, 0.29) is 18.3 Å². The highest BCUT2D eigenvalue weighted by molar-refractivity contribution is 7.22. The van der Waals surface area contributed by atoms with E-state index in [1.165, 1.54) is 29.5 Å². The smallest absolute Gasteiger partial charge is 0.484 e. The second-order valence-corrected chi connectivity index (χ2v) is 8.15. The molecule has 164 valence electrons. The van der Waals surface area contributed by atoms with Gasteiger partial charge in [-0.3, -0.25) is 4.79 Å². The van der Waals surface area contributed by atoms with E-state index in [2.05, 4.69) is 9.72 Å². The maximum atomic E-state index is 12.4. The predicted molar refractivity (Wildman–Crippen MR) is 112 cm³/mol. The van der Waals surface area contributed by atoms with Gasteiger partial charge in [0.15, 0.2) is 11.7 Å². The van der Waals surface area contributed by atoms with Gasteiger partial charge in [-0.15, -0.1) is 13.2 Å². The lowest BCUT2D eigenvalue weighted by Crippen LogP contribution is -2.50. The summed E-state index contributed by atoms with van der Waals surface area (Å²) in [5.74, 6) is 0.304. The van der Waals surface area contributed by atoms with Gasteiger partial charge in [-0.2, -0.15) is 0 Å². The Balaban J connectivity index is 1.33. The van der Waals surface area contributed by atoms with Gasteiger partial charge in [0.05, 0.1) is 10.2 Å². The summed E-state index contributed by atoms with van der Waals surface area (Å²) >= 11 is 1.30. The number of aryl methyl sites for hydroxylation is 1. The summed E-state index contributed by atoms with van der Waals surface area (Å²) < 4.78 is 47.4. The topological polar surface area (TPSA) is 54.9 Å². The third-order valence-corrected chi connectivity index (χ3v) is 5.95. The second-order valence-electron chi connectivity index (χ2n) is 7.14. The normalized spacial score (nSPS) is 14.7. The van der Waals surface area contributed by atoms with Crippen LogP contribution in [0.3, 0.4) is 0 Å².